The van der Waals surface area contributed by atoms with Crippen LogP contribution in [-0.2, 0) is 4.74 Å². The summed E-state index contributed by atoms with van der Waals surface area (Å²) in [6.07, 6.45) is 2.96. The number of nitrogens with zero attached hydrogens (tertiary/aromatic N) is 4. The third-order valence-electron chi connectivity index (χ3n) is 3.09. The maximum absolute atomic E-state index is 11.9. The van der Waals surface area contributed by atoms with Crippen LogP contribution in [0, 0.1) is 0 Å². The molecule has 0 aliphatic heterocycles. The highest BCUT2D eigenvalue weighted by Gasteiger charge is 2.15. The van der Waals surface area contributed by atoms with Crippen LogP contribution in [0.5, 0.6) is 0 Å². The molecular weight excluding hydrogens is 280 g/mol. The fraction of sp³-hybridized carbons (Fsp3) is 0.125. The number of aromatic nitrogens is 4. The molecule has 3 aromatic rings. The van der Waals surface area contributed by atoms with Gasteiger partial charge < -0.3 is 4.74 Å². The van der Waals surface area contributed by atoms with Crippen molar-refractivity contribution in [2.24, 2.45) is 0 Å². The van der Waals surface area contributed by atoms with Gasteiger partial charge in [-0.1, -0.05) is 30.3 Å². The molecule has 0 fully saturated rings. The van der Waals surface area contributed by atoms with Crippen LogP contribution in [0.4, 0.5) is 0 Å². The van der Waals surface area contributed by atoms with E-state index in [4.69, 9.17) is 4.74 Å². The molecule has 0 aliphatic rings. The van der Waals surface area contributed by atoms with E-state index in [1.807, 2.05) is 36.4 Å². The predicted molar refractivity (Wildman–Crippen MR) is 80.5 cm³/mol. The van der Waals surface area contributed by atoms with E-state index >= 15 is 0 Å². The van der Waals surface area contributed by atoms with Gasteiger partial charge in [0.05, 0.1) is 18.5 Å². The van der Waals surface area contributed by atoms with E-state index in [1.165, 1.54) is 12.5 Å². The Hall–Kier alpha value is -3.02. The van der Waals surface area contributed by atoms with Crippen LogP contribution >= 0.6 is 0 Å². The third-order valence-corrected chi connectivity index (χ3v) is 3.09. The number of rotatable bonds is 4. The number of carbonyl (C=O) groups is 1. The summed E-state index contributed by atoms with van der Waals surface area (Å²) >= 11 is 0. The number of hydrogen-bond donors (Lipinski definition) is 0. The van der Waals surface area contributed by atoms with Crippen molar-refractivity contribution in [2.75, 3.05) is 6.61 Å². The van der Waals surface area contributed by atoms with Crippen molar-refractivity contribution in [1.29, 1.82) is 0 Å². The fourth-order valence-electron chi connectivity index (χ4n) is 2.05. The van der Waals surface area contributed by atoms with E-state index < -0.39 is 5.97 Å². The Morgan fingerprint density at radius 3 is 2.64 bits per heavy atom. The average molecular weight is 294 g/mol. The smallest absolute Gasteiger partial charge is 0.357 e. The van der Waals surface area contributed by atoms with Crippen molar-refractivity contribution in [3.05, 3.63) is 60.7 Å². The number of esters is 1. The number of carbonyl (C=O) groups excluding carboxylic acids is 1. The van der Waals surface area contributed by atoms with Crippen molar-refractivity contribution in [3.8, 4) is 17.1 Å². The Morgan fingerprint density at radius 2 is 1.95 bits per heavy atom. The molecule has 2 heterocycles. The highest BCUT2D eigenvalue weighted by molar-refractivity contribution is 5.87. The molecule has 110 valence electrons. The lowest BCUT2D eigenvalue weighted by atomic mass is 10.1. The van der Waals surface area contributed by atoms with Gasteiger partial charge in [-0.2, -0.15) is 0 Å². The Labute approximate surface area is 127 Å². The Morgan fingerprint density at radius 1 is 1.14 bits per heavy atom. The van der Waals surface area contributed by atoms with Crippen LogP contribution in [0.3, 0.4) is 0 Å². The van der Waals surface area contributed by atoms with Gasteiger partial charge in [0.2, 0.25) is 0 Å². The molecule has 6 heteroatoms. The standard InChI is InChI=1S/C16H14N4O2/c1-2-22-16(21)14-10-17-11-20(14)15-9-8-13(18-19-15)12-6-4-3-5-7-12/h3-11H,2H2,1H3. The highest BCUT2D eigenvalue weighted by Crippen LogP contribution is 2.17. The van der Waals surface area contributed by atoms with Gasteiger partial charge in [-0.3, -0.25) is 4.57 Å². The highest BCUT2D eigenvalue weighted by atomic mass is 16.5. The zero-order chi connectivity index (χ0) is 15.4. The van der Waals surface area contributed by atoms with Gasteiger partial charge in [0.15, 0.2) is 11.5 Å². The van der Waals surface area contributed by atoms with Gasteiger partial charge in [-0.25, -0.2) is 9.78 Å². The molecule has 1 aromatic carbocycles. The summed E-state index contributed by atoms with van der Waals surface area (Å²) in [5.74, 6) is 0.0779. The second kappa shape index (κ2) is 6.17. The first kappa shape index (κ1) is 13.9. The van der Waals surface area contributed by atoms with Gasteiger partial charge in [0.25, 0.3) is 0 Å². The molecule has 0 N–H and O–H groups in total. The summed E-state index contributed by atoms with van der Waals surface area (Å²) < 4.78 is 6.55. The van der Waals surface area contributed by atoms with Crippen molar-refractivity contribution in [2.45, 2.75) is 6.92 Å². The first-order valence-electron chi connectivity index (χ1n) is 6.88. The Kier molecular flexibility index (Phi) is 3.91. The predicted octanol–water partition coefficient (Wildman–Crippen LogP) is 2.51. The number of hydrogen-bond acceptors (Lipinski definition) is 5. The molecule has 0 aliphatic carbocycles. The summed E-state index contributed by atoms with van der Waals surface area (Å²) in [7, 11) is 0. The van der Waals surface area contributed by atoms with Crippen molar-refractivity contribution in [1.82, 2.24) is 19.7 Å². The average Bonchev–Trinajstić information content (AvgIpc) is 3.06. The van der Waals surface area contributed by atoms with Gasteiger partial charge in [0.1, 0.15) is 6.33 Å². The Balaban J connectivity index is 1.91. The molecule has 0 spiro atoms. The first-order chi connectivity index (χ1) is 10.8. The summed E-state index contributed by atoms with van der Waals surface area (Å²) in [5, 5.41) is 8.37. The van der Waals surface area contributed by atoms with E-state index in [1.54, 1.807) is 17.6 Å². The first-order valence-corrected chi connectivity index (χ1v) is 6.88. The molecule has 0 unspecified atom stereocenters. The van der Waals surface area contributed by atoms with Crippen molar-refractivity contribution >= 4 is 5.97 Å². The van der Waals surface area contributed by atoms with Crippen LogP contribution in [0.1, 0.15) is 17.4 Å². The van der Waals surface area contributed by atoms with Crippen molar-refractivity contribution < 1.29 is 9.53 Å². The largest absolute Gasteiger partial charge is 0.461 e. The van der Waals surface area contributed by atoms with Crippen LogP contribution < -0.4 is 0 Å². The molecule has 0 saturated carbocycles. The maximum atomic E-state index is 11.9. The maximum Gasteiger partial charge on any atom is 0.357 e. The van der Waals surface area contributed by atoms with Crippen molar-refractivity contribution in [3.63, 3.8) is 0 Å². The van der Waals surface area contributed by atoms with Crippen LogP contribution in [0.15, 0.2) is 55.0 Å². The lowest BCUT2D eigenvalue weighted by Crippen LogP contribution is -2.11. The SMILES string of the molecule is CCOC(=O)c1cncn1-c1ccc(-c2ccccc2)nn1. The summed E-state index contributed by atoms with van der Waals surface area (Å²) in [6.45, 7) is 2.07. The normalized spacial score (nSPS) is 10.4. The monoisotopic (exact) mass is 294 g/mol. The molecule has 0 atom stereocenters. The molecular formula is C16H14N4O2. The molecule has 0 saturated heterocycles. The number of ether oxygens (including phenoxy) is 1. The van der Waals surface area contributed by atoms with E-state index in [-0.39, 0.29) is 0 Å². The molecule has 2 aromatic heterocycles. The van der Waals surface area contributed by atoms with E-state index in [0.717, 1.165) is 11.3 Å². The van der Waals surface area contributed by atoms with Crippen LogP contribution in [0.2, 0.25) is 0 Å². The third kappa shape index (κ3) is 2.71. The summed E-state index contributed by atoms with van der Waals surface area (Å²) in [4.78, 5) is 15.8. The zero-order valence-corrected chi connectivity index (χ0v) is 12.0. The quantitative estimate of drug-likeness (QED) is 0.691. The molecule has 0 amide bonds. The minimum atomic E-state index is -0.436. The lowest BCUT2D eigenvalue weighted by Gasteiger charge is -2.06. The second-order valence-electron chi connectivity index (χ2n) is 4.51. The molecule has 6 nitrogen and oxygen atoms in total. The number of benzene rings is 1. The van der Waals surface area contributed by atoms with Gasteiger partial charge in [-0.05, 0) is 19.1 Å². The molecule has 22 heavy (non-hydrogen) atoms. The second-order valence-corrected chi connectivity index (χ2v) is 4.51. The summed E-state index contributed by atoms with van der Waals surface area (Å²) in [6, 6.07) is 13.4. The lowest BCUT2D eigenvalue weighted by molar-refractivity contribution is 0.0517. The summed E-state index contributed by atoms with van der Waals surface area (Å²) in [5.41, 5.74) is 2.07. The van der Waals surface area contributed by atoms with Gasteiger partial charge in [-0.15, -0.1) is 10.2 Å². The van der Waals surface area contributed by atoms with Crippen LogP contribution in [-0.4, -0.2) is 32.3 Å². The van der Waals surface area contributed by atoms with Gasteiger partial charge >= 0.3 is 5.97 Å². The number of imidazole rings is 1. The van der Waals surface area contributed by atoms with E-state index in [9.17, 15) is 4.79 Å². The van der Waals surface area contributed by atoms with Gasteiger partial charge in [0, 0.05) is 5.56 Å². The Bertz CT molecular complexity index is 766. The molecule has 0 bridgehead atoms. The van der Waals surface area contributed by atoms with Crippen LogP contribution in [0.25, 0.3) is 17.1 Å². The van der Waals surface area contributed by atoms with E-state index in [2.05, 4.69) is 15.2 Å². The fourth-order valence-corrected chi connectivity index (χ4v) is 2.05. The zero-order valence-electron chi connectivity index (χ0n) is 12.0. The minimum Gasteiger partial charge on any atom is -0.461 e. The topological polar surface area (TPSA) is 69.9 Å². The molecule has 0 radical (unpaired) electrons. The minimum absolute atomic E-state index is 0.308. The molecule has 3 rings (SSSR count). The van der Waals surface area contributed by atoms with E-state index in [0.29, 0.717) is 18.1 Å².